The minimum Gasteiger partial charge on any atom is -0.393 e. The van der Waals surface area contributed by atoms with Crippen LogP contribution in [0.25, 0.3) is 0 Å². The van der Waals surface area contributed by atoms with Gasteiger partial charge in [-0.1, -0.05) is 6.07 Å². The Hall–Kier alpha value is -0.970. The zero-order valence-electron chi connectivity index (χ0n) is 11.5. The van der Waals surface area contributed by atoms with Crippen LogP contribution in [0.1, 0.15) is 30.9 Å². The predicted octanol–water partition coefficient (Wildman–Crippen LogP) is 1.88. The molecule has 0 bridgehead atoms. The molecule has 2 rings (SSSR count). The lowest BCUT2D eigenvalue weighted by Crippen LogP contribution is -2.36. The number of aliphatic hydroxyl groups is 1. The Morgan fingerprint density at radius 3 is 2.63 bits per heavy atom. The number of halogens is 1. The van der Waals surface area contributed by atoms with Crippen molar-refractivity contribution in [1.29, 1.82) is 0 Å². The van der Waals surface area contributed by atoms with Gasteiger partial charge in [0.2, 0.25) is 0 Å². The van der Waals surface area contributed by atoms with E-state index in [9.17, 15) is 9.50 Å². The van der Waals surface area contributed by atoms with Crippen LogP contribution in [0.2, 0.25) is 0 Å². The van der Waals surface area contributed by atoms with E-state index in [0.717, 1.165) is 43.6 Å². The molecule has 0 radical (unpaired) electrons. The first-order chi connectivity index (χ1) is 9.10. The van der Waals surface area contributed by atoms with Crippen LogP contribution in [0, 0.1) is 11.7 Å². The summed E-state index contributed by atoms with van der Waals surface area (Å²) in [5.41, 5.74) is 7.69. The van der Waals surface area contributed by atoms with Gasteiger partial charge in [-0.3, -0.25) is 4.90 Å². The number of nitrogens with two attached hydrogens (primary N) is 1. The van der Waals surface area contributed by atoms with E-state index in [0.29, 0.717) is 12.5 Å². The first-order valence-corrected chi connectivity index (χ1v) is 6.98. The predicted molar refractivity (Wildman–Crippen MR) is 74.0 cm³/mol. The molecule has 1 aliphatic rings. The highest BCUT2D eigenvalue weighted by atomic mass is 19.1. The molecule has 0 saturated carbocycles. The maximum atomic E-state index is 13.3. The van der Waals surface area contributed by atoms with E-state index < -0.39 is 0 Å². The van der Waals surface area contributed by atoms with E-state index in [-0.39, 0.29) is 11.9 Å². The maximum absolute atomic E-state index is 13.3. The van der Waals surface area contributed by atoms with Gasteiger partial charge in [-0.05, 0) is 62.0 Å². The van der Waals surface area contributed by atoms with Crippen LogP contribution in [0.4, 0.5) is 4.39 Å². The second-order valence-electron chi connectivity index (χ2n) is 5.47. The van der Waals surface area contributed by atoms with Crippen LogP contribution < -0.4 is 5.73 Å². The van der Waals surface area contributed by atoms with Gasteiger partial charge in [-0.15, -0.1) is 0 Å². The molecule has 1 unspecified atom stereocenters. The van der Waals surface area contributed by atoms with Gasteiger partial charge in [-0.25, -0.2) is 4.39 Å². The monoisotopic (exact) mass is 266 g/mol. The lowest BCUT2D eigenvalue weighted by atomic mass is 9.92. The van der Waals surface area contributed by atoms with Crippen molar-refractivity contribution in [3.05, 3.63) is 35.1 Å². The average molecular weight is 266 g/mol. The Morgan fingerprint density at radius 1 is 1.37 bits per heavy atom. The van der Waals surface area contributed by atoms with Crippen molar-refractivity contribution in [3.63, 3.8) is 0 Å². The second kappa shape index (κ2) is 6.46. The van der Waals surface area contributed by atoms with Gasteiger partial charge in [0.25, 0.3) is 0 Å². The van der Waals surface area contributed by atoms with Crippen LogP contribution >= 0.6 is 0 Å². The summed E-state index contributed by atoms with van der Waals surface area (Å²) in [7, 11) is 0. The van der Waals surface area contributed by atoms with Crippen LogP contribution in [-0.2, 0) is 13.1 Å². The highest BCUT2D eigenvalue weighted by molar-refractivity contribution is 5.27. The van der Waals surface area contributed by atoms with Crippen molar-refractivity contribution in [2.24, 2.45) is 11.7 Å². The van der Waals surface area contributed by atoms with Crippen LogP contribution in [-0.4, -0.2) is 29.2 Å². The molecule has 1 aliphatic heterocycles. The molecular weight excluding hydrogens is 243 g/mol. The maximum Gasteiger partial charge on any atom is 0.123 e. The van der Waals surface area contributed by atoms with Gasteiger partial charge in [0.05, 0.1) is 6.10 Å². The molecule has 1 aromatic rings. The van der Waals surface area contributed by atoms with Gasteiger partial charge < -0.3 is 10.8 Å². The fourth-order valence-electron chi connectivity index (χ4n) is 2.78. The molecule has 1 saturated heterocycles. The number of aliphatic hydroxyl groups excluding tert-OH is 1. The topological polar surface area (TPSA) is 49.5 Å². The van der Waals surface area contributed by atoms with E-state index in [2.05, 4.69) is 4.90 Å². The van der Waals surface area contributed by atoms with E-state index >= 15 is 0 Å². The van der Waals surface area contributed by atoms with Crippen molar-refractivity contribution in [3.8, 4) is 0 Å². The van der Waals surface area contributed by atoms with Crippen LogP contribution in [0.15, 0.2) is 18.2 Å². The number of benzene rings is 1. The zero-order valence-corrected chi connectivity index (χ0v) is 11.5. The number of hydrogen-bond acceptors (Lipinski definition) is 3. The average Bonchev–Trinajstić information content (AvgIpc) is 2.39. The van der Waals surface area contributed by atoms with Crippen LogP contribution in [0.5, 0.6) is 0 Å². The quantitative estimate of drug-likeness (QED) is 0.875. The molecule has 1 atom stereocenters. The molecule has 0 spiro atoms. The number of likely N-dealkylation sites (tertiary alicyclic amines) is 1. The number of piperidine rings is 1. The highest BCUT2D eigenvalue weighted by Crippen LogP contribution is 2.23. The zero-order chi connectivity index (χ0) is 13.8. The van der Waals surface area contributed by atoms with Gasteiger partial charge >= 0.3 is 0 Å². The van der Waals surface area contributed by atoms with Crippen molar-refractivity contribution in [2.75, 3.05) is 13.1 Å². The number of rotatable bonds is 4. The summed E-state index contributed by atoms with van der Waals surface area (Å²) in [6.45, 7) is 4.96. The lowest BCUT2D eigenvalue weighted by Gasteiger charge is -2.33. The molecule has 1 heterocycles. The summed E-state index contributed by atoms with van der Waals surface area (Å²) in [6.07, 6.45) is 1.78. The van der Waals surface area contributed by atoms with Crippen molar-refractivity contribution >= 4 is 0 Å². The fourth-order valence-corrected chi connectivity index (χ4v) is 2.78. The summed E-state index contributed by atoms with van der Waals surface area (Å²) in [5, 5.41) is 9.59. The fraction of sp³-hybridized carbons (Fsp3) is 0.600. The van der Waals surface area contributed by atoms with Crippen molar-refractivity contribution < 1.29 is 9.50 Å². The molecular formula is C15H23FN2O. The van der Waals surface area contributed by atoms with Gasteiger partial charge in [0, 0.05) is 13.1 Å². The summed E-state index contributed by atoms with van der Waals surface area (Å²) in [5.74, 6) is 0.198. The summed E-state index contributed by atoms with van der Waals surface area (Å²) in [6, 6.07) is 4.82. The normalized spacial score (nSPS) is 19.6. The number of nitrogens with zero attached hydrogens (tertiary/aromatic N) is 1. The van der Waals surface area contributed by atoms with E-state index in [1.807, 2.05) is 6.92 Å². The molecule has 0 amide bonds. The standard InChI is InChI=1S/C15H23FN2O/c1-11(19)12-4-6-18(7-5-12)10-14-8-15(16)3-2-13(14)9-17/h2-3,8,11-12,19H,4-7,9-10,17H2,1H3. The molecule has 3 nitrogen and oxygen atoms in total. The van der Waals surface area contributed by atoms with E-state index in [4.69, 9.17) is 5.73 Å². The minimum absolute atomic E-state index is 0.203. The van der Waals surface area contributed by atoms with Gasteiger partial charge in [-0.2, -0.15) is 0 Å². The highest BCUT2D eigenvalue weighted by Gasteiger charge is 2.22. The van der Waals surface area contributed by atoms with Crippen LogP contribution in [0.3, 0.4) is 0 Å². The Bertz CT molecular complexity index is 415. The summed E-state index contributed by atoms with van der Waals surface area (Å²) >= 11 is 0. The summed E-state index contributed by atoms with van der Waals surface area (Å²) < 4.78 is 13.3. The first-order valence-electron chi connectivity index (χ1n) is 6.98. The SMILES string of the molecule is CC(O)C1CCN(Cc2cc(F)ccc2CN)CC1. The molecule has 1 aromatic carbocycles. The van der Waals surface area contributed by atoms with E-state index in [1.54, 1.807) is 12.1 Å². The molecule has 0 aromatic heterocycles. The van der Waals surface area contributed by atoms with E-state index in [1.165, 1.54) is 6.07 Å². The molecule has 19 heavy (non-hydrogen) atoms. The molecule has 3 N–H and O–H groups in total. The smallest absolute Gasteiger partial charge is 0.123 e. The molecule has 1 fully saturated rings. The Labute approximate surface area is 114 Å². The third kappa shape index (κ3) is 3.75. The first kappa shape index (κ1) is 14.4. The largest absolute Gasteiger partial charge is 0.393 e. The second-order valence-corrected chi connectivity index (χ2v) is 5.47. The van der Waals surface area contributed by atoms with Gasteiger partial charge in [0.1, 0.15) is 5.82 Å². The third-order valence-electron chi connectivity index (χ3n) is 4.10. The molecule has 106 valence electrons. The van der Waals surface area contributed by atoms with Gasteiger partial charge in [0.15, 0.2) is 0 Å². The Balaban J connectivity index is 1.97. The molecule has 0 aliphatic carbocycles. The van der Waals surface area contributed by atoms with Crippen molar-refractivity contribution in [1.82, 2.24) is 4.90 Å². The van der Waals surface area contributed by atoms with Crippen molar-refractivity contribution in [2.45, 2.75) is 39.0 Å². The lowest BCUT2D eigenvalue weighted by molar-refractivity contribution is 0.0694. The Kier molecular flexibility index (Phi) is 4.91. The minimum atomic E-state index is -0.226. The number of hydrogen-bond donors (Lipinski definition) is 2. The summed E-state index contributed by atoms with van der Waals surface area (Å²) in [4.78, 5) is 2.31. The molecule has 4 heteroatoms. The third-order valence-corrected chi connectivity index (χ3v) is 4.10. The Morgan fingerprint density at radius 2 is 2.05 bits per heavy atom.